The summed E-state index contributed by atoms with van der Waals surface area (Å²) in [7, 11) is 4.54. The lowest BCUT2D eigenvalue weighted by molar-refractivity contribution is 0.0990. The van der Waals surface area contributed by atoms with Crippen LogP contribution in [0.25, 0.3) is 0 Å². The van der Waals surface area contributed by atoms with E-state index in [1.165, 1.54) is 32.7 Å². The number of halogens is 1. The fourth-order valence-corrected chi connectivity index (χ4v) is 3.11. The Balaban J connectivity index is 2.36. The molecule has 0 bridgehead atoms. The van der Waals surface area contributed by atoms with Crippen LogP contribution >= 0.6 is 22.9 Å². The minimum absolute atomic E-state index is 0.0636. The minimum Gasteiger partial charge on any atom is -0.493 e. The smallest absolute Gasteiger partial charge is 0.204 e. The van der Waals surface area contributed by atoms with E-state index >= 15 is 0 Å². The minimum atomic E-state index is -0.0636. The van der Waals surface area contributed by atoms with Crippen molar-refractivity contribution in [3.05, 3.63) is 39.0 Å². The highest BCUT2D eigenvalue weighted by Gasteiger charge is 2.21. The van der Waals surface area contributed by atoms with Gasteiger partial charge in [0.25, 0.3) is 0 Å². The van der Waals surface area contributed by atoms with Crippen molar-refractivity contribution in [3.63, 3.8) is 0 Å². The lowest BCUT2D eigenvalue weighted by Gasteiger charge is -2.14. The van der Waals surface area contributed by atoms with Crippen molar-refractivity contribution >= 4 is 28.7 Å². The van der Waals surface area contributed by atoms with E-state index in [0.717, 1.165) is 4.88 Å². The zero-order valence-electron chi connectivity index (χ0n) is 11.9. The van der Waals surface area contributed by atoms with Gasteiger partial charge >= 0.3 is 0 Å². The molecule has 0 amide bonds. The van der Waals surface area contributed by atoms with Crippen molar-refractivity contribution in [2.75, 3.05) is 21.3 Å². The topological polar surface area (TPSA) is 44.8 Å². The van der Waals surface area contributed by atoms with Gasteiger partial charge in [-0.3, -0.25) is 4.79 Å². The summed E-state index contributed by atoms with van der Waals surface area (Å²) < 4.78 is 16.5. The van der Waals surface area contributed by atoms with Crippen molar-refractivity contribution in [1.29, 1.82) is 0 Å². The molecule has 4 nitrogen and oxygen atoms in total. The van der Waals surface area contributed by atoms with E-state index < -0.39 is 0 Å². The Labute approximate surface area is 132 Å². The maximum Gasteiger partial charge on any atom is 0.204 e. The third-order valence-electron chi connectivity index (χ3n) is 2.97. The number of rotatable bonds is 6. The number of ether oxygens (including phenoxy) is 3. The van der Waals surface area contributed by atoms with Gasteiger partial charge in [0, 0.05) is 11.3 Å². The average Bonchev–Trinajstić information content (AvgIpc) is 2.90. The third kappa shape index (κ3) is 3.31. The molecule has 0 unspecified atom stereocenters. The number of hydrogen-bond acceptors (Lipinski definition) is 5. The lowest BCUT2D eigenvalue weighted by Crippen LogP contribution is -2.07. The summed E-state index contributed by atoms with van der Waals surface area (Å²) >= 11 is 7.27. The van der Waals surface area contributed by atoms with Crippen LogP contribution in [0.15, 0.2) is 24.3 Å². The number of hydrogen-bond donors (Lipinski definition) is 0. The molecule has 2 rings (SSSR count). The monoisotopic (exact) mass is 326 g/mol. The third-order valence-corrected chi connectivity index (χ3v) is 4.20. The molecule has 2 aromatic rings. The quantitative estimate of drug-likeness (QED) is 0.756. The van der Waals surface area contributed by atoms with Gasteiger partial charge in [-0.25, -0.2) is 0 Å². The van der Waals surface area contributed by atoms with E-state index in [9.17, 15) is 4.79 Å². The summed E-state index contributed by atoms with van der Waals surface area (Å²) in [6.07, 6.45) is 0.267. The predicted molar refractivity (Wildman–Crippen MR) is 83.5 cm³/mol. The number of carbonyl (C=O) groups is 1. The molecular weight excluding hydrogens is 312 g/mol. The van der Waals surface area contributed by atoms with Gasteiger partial charge in [0.1, 0.15) is 0 Å². The molecule has 0 atom stereocenters. The van der Waals surface area contributed by atoms with Crippen molar-refractivity contribution in [1.82, 2.24) is 0 Å². The molecule has 0 saturated heterocycles. The van der Waals surface area contributed by atoms with Gasteiger partial charge < -0.3 is 14.2 Å². The lowest BCUT2D eigenvalue weighted by atomic mass is 10.1. The molecule has 0 radical (unpaired) electrons. The molecule has 1 heterocycles. The van der Waals surface area contributed by atoms with Crippen molar-refractivity contribution in [2.45, 2.75) is 6.42 Å². The van der Waals surface area contributed by atoms with Crippen LogP contribution in [0, 0.1) is 0 Å². The van der Waals surface area contributed by atoms with Crippen LogP contribution in [-0.4, -0.2) is 27.1 Å². The molecule has 0 N–H and O–H groups in total. The molecule has 0 aliphatic heterocycles. The molecule has 1 aromatic heterocycles. The van der Waals surface area contributed by atoms with Crippen LogP contribution < -0.4 is 14.2 Å². The van der Waals surface area contributed by atoms with Crippen LogP contribution in [0.1, 0.15) is 15.2 Å². The van der Waals surface area contributed by atoms with Crippen LogP contribution in [0.4, 0.5) is 0 Å². The molecule has 0 spiro atoms. The number of Topliss-reactive ketones (excluding diaryl/α,β-unsaturated/α-hetero) is 1. The summed E-state index contributed by atoms with van der Waals surface area (Å²) in [6.45, 7) is 0. The number of methoxy groups -OCH3 is 3. The predicted octanol–water partition coefficient (Wildman–Crippen LogP) is 3.85. The maximum absolute atomic E-state index is 12.5. The fraction of sp³-hybridized carbons (Fsp3) is 0.267. The van der Waals surface area contributed by atoms with Crippen molar-refractivity contribution in [2.24, 2.45) is 0 Å². The van der Waals surface area contributed by atoms with E-state index in [4.69, 9.17) is 25.8 Å². The van der Waals surface area contributed by atoms with Crippen LogP contribution in [0.2, 0.25) is 4.34 Å². The number of carbonyl (C=O) groups excluding carboxylic acids is 1. The van der Waals surface area contributed by atoms with Crippen LogP contribution in [-0.2, 0) is 6.42 Å². The summed E-state index contributed by atoms with van der Waals surface area (Å²) in [4.78, 5) is 13.4. The molecular formula is C15H15ClO4S. The van der Waals surface area contributed by atoms with E-state index in [1.54, 1.807) is 18.2 Å². The fourth-order valence-electron chi connectivity index (χ4n) is 2.02. The molecule has 6 heteroatoms. The highest BCUT2D eigenvalue weighted by molar-refractivity contribution is 7.16. The Morgan fingerprint density at radius 2 is 1.76 bits per heavy atom. The van der Waals surface area contributed by atoms with Crippen LogP contribution in [0.3, 0.4) is 0 Å². The number of benzene rings is 1. The summed E-state index contributed by atoms with van der Waals surface area (Å²) in [5.74, 6) is 1.25. The first kappa shape index (κ1) is 15.7. The molecule has 0 aliphatic carbocycles. The Bertz CT molecular complexity index is 651. The Kier molecular flexibility index (Phi) is 5.09. The summed E-state index contributed by atoms with van der Waals surface area (Å²) in [5.41, 5.74) is 0.458. The normalized spacial score (nSPS) is 10.3. The highest BCUT2D eigenvalue weighted by atomic mass is 35.5. The average molecular weight is 327 g/mol. The van der Waals surface area contributed by atoms with Gasteiger partial charge in [0.15, 0.2) is 17.3 Å². The number of thiophene rings is 1. The number of ketones is 1. The van der Waals surface area contributed by atoms with Gasteiger partial charge in [-0.15, -0.1) is 11.3 Å². The Morgan fingerprint density at radius 1 is 1.05 bits per heavy atom. The zero-order valence-corrected chi connectivity index (χ0v) is 13.5. The molecule has 0 saturated carbocycles. The summed E-state index contributed by atoms with van der Waals surface area (Å²) in [5, 5.41) is 0. The standard InChI is InChI=1S/C15H15ClO4S/c1-18-12-6-5-10(14(19-2)15(12)20-3)11(17)8-9-4-7-13(16)21-9/h4-7H,8H2,1-3H3. The van der Waals surface area contributed by atoms with E-state index in [-0.39, 0.29) is 12.2 Å². The van der Waals surface area contributed by atoms with Gasteiger partial charge in [-0.2, -0.15) is 0 Å². The first-order valence-electron chi connectivity index (χ1n) is 6.17. The van der Waals surface area contributed by atoms with Gasteiger partial charge in [0.05, 0.1) is 31.2 Å². The van der Waals surface area contributed by atoms with Crippen molar-refractivity contribution < 1.29 is 19.0 Å². The molecule has 1 aromatic carbocycles. The van der Waals surface area contributed by atoms with Crippen molar-refractivity contribution in [3.8, 4) is 17.2 Å². The van der Waals surface area contributed by atoms with E-state index in [0.29, 0.717) is 27.1 Å². The second-order valence-electron chi connectivity index (χ2n) is 4.19. The van der Waals surface area contributed by atoms with Gasteiger partial charge in [-0.05, 0) is 24.3 Å². The van der Waals surface area contributed by atoms with E-state index in [2.05, 4.69) is 0 Å². The van der Waals surface area contributed by atoms with Gasteiger partial charge in [0.2, 0.25) is 5.75 Å². The van der Waals surface area contributed by atoms with Gasteiger partial charge in [-0.1, -0.05) is 11.6 Å². The second kappa shape index (κ2) is 6.83. The Morgan fingerprint density at radius 3 is 2.29 bits per heavy atom. The molecule has 112 valence electrons. The molecule has 0 fully saturated rings. The highest BCUT2D eigenvalue weighted by Crippen LogP contribution is 2.40. The zero-order chi connectivity index (χ0) is 15.4. The molecule has 0 aliphatic rings. The maximum atomic E-state index is 12.5. The second-order valence-corrected chi connectivity index (χ2v) is 5.99. The van der Waals surface area contributed by atoms with E-state index in [1.807, 2.05) is 6.07 Å². The SMILES string of the molecule is COc1ccc(C(=O)Cc2ccc(Cl)s2)c(OC)c1OC. The first-order chi connectivity index (χ1) is 10.1. The summed E-state index contributed by atoms with van der Waals surface area (Å²) in [6, 6.07) is 6.99. The Hall–Kier alpha value is -1.72. The van der Waals surface area contributed by atoms with Crippen LogP contribution in [0.5, 0.6) is 17.2 Å². The first-order valence-corrected chi connectivity index (χ1v) is 7.36. The largest absolute Gasteiger partial charge is 0.493 e. The molecule has 21 heavy (non-hydrogen) atoms.